The number of rotatable bonds is 4. The summed E-state index contributed by atoms with van der Waals surface area (Å²) in [6.07, 6.45) is 5.55. The number of aromatic nitrogens is 1. The molecule has 2 heterocycles. The van der Waals surface area contributed by atoms with Crippen molar-refractivity contribution >= 4 is 11.1 Å². The van der Waals surface area contributed by atoms with Crippen LogP contribution in [0.4, 0.5) is 0 Å². The Labute approximate surface area is 111 Å². The second kappa shape index (κ2) is 5.05. The molecule has 100 valence electrons. The Balaban J connectivity index is 1.79. The van der Waals surface area contributed by atoms with E-state index in [0.29, 0.717) is 18.2 Å². The molecule has 1 aliphatic rings. The van der Waals surface area contributed by atoms with Crippen LogP contribution in [0.15, 0.2) is 45.6 Å². The Bertz CT molecular complexity index is 653. The summed E-state index contributed by atoms with van der Waals surface area (Å²) >= 11 is 0. The molecule has 1 unspecified atom stereocenters. The van der Waals surface area contributed by atoms with Gasteiger partial charge in [-0.15, -0.1) is 0 Å². The summed E-state index contributed by atoms with van der Waals surface area (Å²) in [7, 11) is 0. The minimum absolute atomic E-state index is 0.263. The molecule has 0 amide bonds. The third-order valence-corrected chi connectivity index (χ3v) is 3.77. The van der Waals surface area contributed by atoms with E-state index in [0.717, 1.165) is 25.0 Å². The van der Waals surface area contributed by atoms with Crippen LogP contribution in [0.2, 0.25) is 0 Å². The molecule has 1 aromatic heterocycles. The number of hydrogen-bond acceptors (Lipinski definition) is 3. The summed E-state index contributed by atoms with van der Waals surface area (Å²) < 4.78 is 6.96. The Morgan fingerprint density at radius 2 is 2.16 bits per heavy atom. The van der Waals surface area contributed by atoms with Gasteiger partial charge in [0.15, 0.2) is 5.58 Å². The quantitative estimate of drug-likeness (QED) is 0.789. The summed E-state index contributed by atoms with van der Waals surface area (Å²) in [6.45, 7) is 4.71. The highest BCUT2D eigenvalue weighted by Crippen LogP contribution is 2.15. The molecule has 2 aromatic rings. The zero-order chi connectivity index (χ0) is 13.2. The van der Waals surface area contributed by atoms with Gasteiger partial charge in [0.25, 0.3) is 0 Å². The fourth-order valence-electron chi connectivity index (χ4n) is 2.72. The third-order valence-electron chi connectivity index (χ3n) is 3.77. The first-order valence-corrected chi connectivity index (χ1v) is 6.78. The van der Waals surface area contributed by atoms with E-state index in [9.17, 15) is 4.79 Å². The molecule has 1 aromatic carbocycles. The van der Waals surface area contributed by atoms with E-state index in [2.05, 4.69) is 24.0 Å². The molecule has 0 radical (unpaired) electrons. The molecule has 0 N–H and O–H groups in total. The number of benzene rings is 1. The van der Waals surface area contributed by atoms with Crippen LogP contribution in [0.3, 0.4) is 0 Å². The maximum Gasteiger partial charge on any atom is 0.419 e. The van der Waals surface area contributed by atoms with Crippen molar-refractivity contribution in [2.24, 2.45) is 0 Å². The zero-order valence-corrected chi connectivity index (χ0v) is 11.1. The van der Waals surface area contributed by atoms with E-state index in [1.807, 2.05) is 24.3 Å². The number of hydrogen-bond donors (Lipinski definition) is 0. The molecule has 4 heteroatoms. The zero-order valence-electron chi connectivity index (χ0n) is 11.1. The summed E-state index contributed by atoms with van der Waals surface area (Å²) in [5.41, 5.74) is 1.55. The lowest BCUT2D eigenvalue weighted by molar-refractivity contribution is 0.254. The first-order valence-electron chi connectivity index (χ1n) is 6.78. The van der Waals surface area contributed by atoms with Gasteiger partial charge in [0, 0.05) is 25.7 Å². The van der Waals surface area contributed by atoms with E-state index < -0.39 is 0 Å². The van der Waals surface area contributed by atoms with Gasteiger partial charge in [-0.1, -0.05) is 31.2 Å². The molecule has 19 heavy (non-hydrogen) atoms. The molecule has 0 saturated heterocycles. The van der Waals surface area contributed by atoms with Crippen molar-refractivity contribution in [3.63, 3.8) is 0 Å². The number of oxazole rings is 1. The molecule has 1 aliphatic heterocycles. The first kappa shape index (κ1) is 12.2. The Hall–Kier alpha value is -1.81. The van der Waals surface area contributed by atoms with E-state index >= 15 is 0 Å². The molecular weight excluding hydrogens is 240 g/mol. The largest absolute Gasteiger partial charge is 0.419 e. The van der Waals surface area contributed by atoms with Crippen molar-refractivity contribution in [2.75, 3.05) is 13.1 Å². The van der Waals surface area contributed by atoms with E-state index in [1.165, 1.54) is 0 Å². The van der Waals surface area contributed by atoms with Gasteiger partial charge in [-0.05, 0) is 18.6 Å². The molecular formula is C15H18N2O2. The van der Waals surface area contributed by atoms with Crippen molar-refractivity contribution in [3.8, 4) is 0 Å². The first-order chi connectivity index (χ1) is 9.29. The van der Waals surface area contributed by atoms with Crippen LogP contribution in [0.1, 0.15) is 13.3 Å². The van der Waals surface area contributed by atoms with Gasteiger partial charge in [-0.25, -0.2) is 4.79 Å². The number of nitrogens with zero attached hydrogens (tertiary/aromatic N) is 2. The average Bonchev–Trinajstić information content (AvgIpc) is 2.99. The van der Waals surface area contributed by atoms with E-state index in [-0.39, 0.29) is 5.76 Å². The van der Waals surface area contributed by atoms with Crippen LogP contribution in [0.5, 0.6) is 0 Å². The fourth-order valence-corrected chi connectivity index (χ4v) is 2.72. The number of fused-ring (bicyclic) bond motifs is 1. The summed E-state index contributed by atoms with van der Waals surface area (Å²) in [5.74, 6) is -0.263. The lowest BCUT2D eigenvalue weighted by atomic mass is 10.2. The second-order valence-corrected chi connectivity index (χ2v) is 4.89. The molecule has 1 atom stereocenters. The maximum absolute atomic E-state index is 11.9. The van der Waals surface area contributed by atoms with Gasteiger partial charge >= 0.3 is 5.76 Å². The van der Waals surface area contributed by atoms with E-state index in [1.54, 1.807) is 4.57 Å². The van der Waals surface area contributed by atoms with Crippen molar-refractivity contribution < 1.29 is 4.42 Å². The van der Waals surface area contributed by atoms with E-state index in [4.69, 9.17) is 4.42 Å². The van der Waals surface area contributed by atoms with Crippen molar-refractivity contribution in [3.05, 3.63) is 47.0 Å². The monoisotopic (exact) mass is 258 g/mol. The van der Waals surface area contributed by atoms with Crippen LogP contribution in [0.25, 0.3) is 11.1 Å². The highest BCUT2D eigenvalue weighted by atomic mass is 16.4. The minimum atomic E-state index is -0.263. The predicted octanol–water partition coefficient (Wildman–Crippen LogP) is 2.24. The van der Waals surface area contributed by atoms with Crippen molar-refractivity contribution in [1.82, 2.24) is 9.47 Å². The lowest BCUT2D eigenvalue weighted by Gasteiger charge is -2.22. The Morgan fingerprint density at radius 3 is 3.00 bits per heavy atom. The SMILES string of the molecule is CCC1C=CCN1CCn1c(=O)oc2ccccc21. The minimum Gasteiger partial charge on any atom is -0.408 e. The summed E-state index contributed by atoms with van der Waals surface area (Å²) in [6, 6.07) is 8.08. The fraction of sp³-hybridized carbons (Fsp3) is 0.400. The molecule has 0 fully saturated rings. The number of para-hydroxylation sites is 2. The Morgan fingerprint density at radius 1 is 1.32 bits per heavy atom. The average molecular weight is 258 g/mol. The van der Waals surface area contributed by atoms with Crippen LogP contribution in [-0.2, 0) is 6.54 Å². The smallest absolute Gasteiger partial charge is 0.408 e. The lowest BCUT2D eigenvalue weighted by Crippen LogP contribution is -2.34. The van der Waals surface area contributed by atoms with Gasteiger partial charge in [0.1, 0.15) is 0 Å². The molecule has 0 spiro atoms. The van der Waals surface area contributed by atoms with Crippen LogP contribution < -0.4 is 5.76 Å². The van der Waals surface area contributed by atoms with Gasteiger partial charge in [-0.3, -0.25) is 9.47 Å². The standard InChI is InChI=1S/C15H18N2O2/c1-2-12-6-5-9-16(12)10-11-17-13-7-3-4-8-14(13)19-15(17)18/h3-8,12H,2,9-11H2,1H3. The molecule has 0 bridgehead atoms. The topological polar surface area (TPSA) is 38.4 Å². The predicted molar refractivity (Wildman–Crippen MR) is 75.3 cm³/mol. The molecule has 3 rings (SSSR count). The van der Waals surface area contributed by atoms with Gasteiger partial charge in [0.2, 0.25) is 0 Å². The van der Waals surface area contributed by atoms with Gasteiger partial charge < -0.3 is 4.42 Å². The van der Waals surface area contributed by atoms with Crippen LogP contribution >= 0.6 is 0 Å². The van der Waals surface area contributed by atoms with Crippen molar-refractivity contribution in [1.29, 1.82) is 0 Å². The van der Waals surface area contributed by atoms with Crippen molar-refractivity contribution in [2.45, 2.75) is 25.9 Å². The molecule has 4 nitrogen and oxygen atoms in total. The summed E-state index contributed by atoms with van der Waals surface area (Å²) in [4.78, 5) is 14.2. The second-order valence-electron chi connectivity index (χ2n) is 4.89. The third kappa shape index (κ3) is 2.24. The highest BCUT2D eigenvalue weighted by Gasteiger charge is 2.18. The normalized spacial score (nSPS) is 19.5. The van der Waals surface area contributed by atoms with Gasteiger partial charge in [-0.2, -0.15) is 0 Å². The molecule has 0 aliphatic carbocycles. The summed E-state index contributed by atoms with van der Waals surface area (Å²) in [5, 5.41) is 0. The van der Waals surface area contributed by atoms with Crippen LogP contribution in [-0.4, -0.2) is 28.6 Å². The Kier molecular flexibility index (Phi) is 3.25. The van der Waals surface area contributed by atoms with Gasteiger partial charge in [0.05, 0.1) is 5.52 Å². The maximum atomic E-state index is 11.9. The van der Waals surface area contributed by atoms with Crippen LogP contribution in [0, 0.1) is 0 Å². The molecule has 0 saturated carbocycles. The highest BCUT2D eigenvalue weighted by molar-refractivity contribution is 5.72.